The Morgan fingerprint density at radius 2 is 2.00 bits per heavy atom. The lowest BCUT2D eigenvalue weighted by Crippen LogP contribution is -2.07. The first kappa shape index (κ1) is 12.7. The second kappa shape index (κ2) is 5.09. The third-order valence-electron chi connectivity index (χ3n) is 1.93. The first-order chi connectivity index (χ1) is 7.45. The second-order valence-electron chi connectivity index (χ2n) is 3.10. The number of rotatable bonds is 4. The molecule has 0 spiro atoms. The molecule has 16 heavy (non-hydrogen) atoms. The molecule has 0 amide bonds. The average molecular weight is 244 g/mol. The SMILES string of the molecule is CCC(=O)OCc1ccccc1S(=O)(=O)O. The zero-order chi connectivity index (χ0) is 12.2. The quantitative estimate of drug-likeness (QED) is 0.639. The fourth-order valence-corrected chi connectivity index (χ4v) is 1.84. The van der Waals surface area contributed by atoms with E-state index in [0.717, 1.165) is 0 Å². The maximum Gasteiger partial charge on any atom is 0.305 e. The summed E-state index contributed by atoms with van der Waals surface area (Å²) in [6, 6.07) is 5.81. The third kappa shape index (κ3) is 3.32. The number of ether oxygens (including phenoxy) is 1. The molecule has 0 aliphatic rings. The molecule has 1 aromatic carbocycles. The maximum absolute atomic E-state index is 11.0. The van der Waals surface area contributed by atoms with Crippen LogP contribution >= 0.6 is 0 Å². The Labute approximate surface area is 93.8 Å². The van der Waals surface area contributed by atoms with E-state index in [-0.39, 0.29) is 23.5 Å². The van der Waals surface area contributed by atoms with Crippen molar-refractivity contribution in [3.8, 4) is 0 Å². The minimum absolute atomic E-state index is 0.164. The van der Waals surface area contributed by atoms with Crippen LogP contribution in [0.5, 0.6) is 0 Å². The number of hydrogen-bond donors (Lipinski definition) is 1. The van der Waals surface area contributed by atoms with Crippen LogP contribution in [0.3, 0.4) is 0 Å². The van der Waals surface area contributed by atoms with Gasteiger partial charge in [0.25, 0.3) is 10.1 Å². The molecule has 1 rings (SSSR count). The summed E-state index contributed by atoms with van der Waals surface area (Å²) in [4.78, 5) is 10.7. The van der Waals surface area contributed by atoms with Crippen LogP contribution in [0.1, 0.15) is 18.9 Å². The van der Waals surface area contributed by atoms with Crippen molar-refractivity contribution in [3.05, 3.63) is 29.8 Å². The van der Waals surface area contributed by atoms with E-state index >= 15 is 0 Å². The number of carbonyl (C=O) groups excluding carboxylic acids is 1. The van der Waals surface area contributed by atoms with Gasteiger partial charge >= 0.3 is 5.97 Å². The molecule has 88 valence electrons. The highest BCUT2D eigenvalue weighted by atomic mass is 32.2. The van der Waals surface area contributed by atoms with Crippen LogP contribution in [0.15, 0.2) is 29.2 Å². The predicted molar refractivity (Wildman–Crippen MR) is 56.3 cm³/mol. The molecule has 0 bridgehead atoms. The van der Waals surface area contributed by atoms with E-state index in [2.05, 4.69) is 0 Å². The van der Waals surface area contributed by atoms with Crippen LogP contribution in [-0.2, 0) is 26.3 Å². The lowest BCUT2D eigenvalue weighted by atomic mass is 10.2. The normalized spacial score (nSPS) is 11.1. The van der Waals surface area contributed by atoms with Gasteiger partial charge in [-0.15, -0.1) is 0 Å². The summed E-state index contributed by atoms with van der Waals surface area (Å²) in [7, 11) is -4.28. The number of esters is 1. The molecule has 1 aromatic rings. The molecule has 0 saturated heterocycles. The molecule has 0 radical (unpaired) electrons. The van der Waals surface area contributed by atoms with Crippen molar-refractivity contribution in [2.45, 2.75) is 24.8 Å². The Morgan fingerprint density at radius 1 is 1.38 bits per heavy atom. The van der Waals surface area contributed by atoms with Gasteiger partial charge in [0.1, 0.15) is 11.5 Å². The van der Waals surface area contributed by atoms with Crippen LogP contribution in [0, 0.1) is 0 Å². The largest absolute Gasteiger partial charge is 0.461 e. The highest BCUT2D eigenvalue weighted by molar-refractivity contribution is 7.85. The molecular formula is C10H12O5S. The van der Waals surface area contributed by atoms with Crippen LogP contribution in [0.2, 0.25) is 0 Å². The van der Waals surface area contributed by atoms with Crippen molar-refractivity contribution in [2.24, 2.45) is 0 Å². The molecule has 0 aliphatic carbocycles. The van der Waals surface area contributed by atoms with Crippen molar-refractivity contribution in [1.82, 2.24) is 0 Å². The molecule has 0 atom stereocenters. The smallest absolute Gasteiger partial charge is 0.305 e. The van der Waals surface area contributed by atoms with Crippen molar-refractivity contribution in [1.29, 1.82) is 0 Å². The topological polar surface area (TPSA) is 80.7 Å². The Morgan fingerprint density at radius 3 is 2.56 bits per heavy atom. The lowest BCUT2D eigenvalue weighted by Gasteiger charge is -2.07. The van der Waals surface area contributed by atoms with Gasteiger partial charge in [0.2, 0.25) is 0 Å². The molecule has 0 aromatic heterocycles. The monoisotopic (exact) mass is 244 g/mol. The summed E-state index contributed by atoms with van der Waals surface area (Å²) < 4.78 is 35.7. The summed E-state index contributed by atoms with van der Waals surface area (Å²) in [5.74, 6) is -0.426. The van der Waals surface area contributed by atoms with Crippen molar-refractivity contribution < 1.29 is 22.5 Å². The van der Waals surface area contributed by atoms with E-state index in [1.165, 1.54) is 18.2 Å². The second-order valence-corrected chi connectivity index (χ2v) is 4.49. The molecule has 0 unspecified atom stereocenters. The summed E-state index contributed by atoms with van der Waals surface area (Å²) in [5.41, 5.74) is 0.256. The highest BCUT2D eigenvalue weighted by Gasteiger charge is 2.15. The van der Waals surface area contributed by atoms with Crippen molar-refractivity contribution >= 4 is 16.1 Å². The fourth-order valence-electron chi connectivity index (χ4n) is 1.14. The summed E-state index contributed by atoms with van der Waals surface area (Å²) in [5, 5.41) is 0. The van der Waals surface area contributed by atoms with Crippen LogP contribution < -0.4 is 0 Å². The number of carbonyl (C=O) groups is 1. The maximum atomic E-state index is 11.0. The molecular weight excluding hydrogens is 232 g/mol. The summed E-state index contributed by atoms with van der Waals surface area (Å²) in [6.07, 6.45) is 0.216. The summed E-state index contributed by atoms with van der Waals surface area (Å²) in [6.45, 7) is 1.47. The van der Waals surface area contributed by atoms with E-state index in [1.54, 1.807) is 13.0 Å². The van der Waals surface area contributed by atoms with Gasteiger partial charge in [-0.2, -0.15) is 8.42 Å². The number of hydrogen-bond acceptors (Lipinski definition) is 4. The molecule has 0 saturated carbocycles. The van der Waals surface area contributed by atoms with Gasteiger partial charge in [-0.25, -0.2) is 0 Å². The third-order valence-corrected chi connectivity index (χ3v) is 2.88. The fraction of sp³-hybridized carbons (Fsp3) is 0.300. The van der Waals surface area contributed by atoms with Crippen molar-refractivity contribution in [2.75, 3.05) is 0 Å². The van der Waals surface area contributed by atoms with Gasteiger partial charge < -0.3 is 4.74 Å². The minimum Gasteiger partial charge on any atom is -0.461 e. The van der Waals surface area contributed by atoms with Gasteiger partial charge in [-0.1, -0.05) is 25.1 Å². The number of benzene rings is 1. The van der Waals surface area contributed by atoms with Gasteiger partial charge in [-0.05, 0) is 6.07 Å². The van der Waals surface area contributed by atoms with Crippen LogP contribution in [-0.4, -0.2) is 18.9 Å². The zero-order valence-corrected chi connectivity index (χ0v) is 9.53. The van der Waals surface area contributed by atoms with Gasteiger partial charge in [0.05, 0.1) is 0 Å². The Kier molecular flexibility index (Phi) is 4.03. The van der Waals surface area contributed by atoms with Gasteiger partial charge in [0.15, 0.2) is 0 Å². The van der Waals surface area contributed by atoms with Crippen LogP contribution in [0.4, 0.5) is 0 Å². The van der Waals surface area contributed by atoms with Gasteiger partial charge in [-0.3, -0.25) is 9.35 Å². The van der Waals surface area contributed by atoms with E-state index in [9.17, 15) is 13.2 Å². The van der Waals surface area contributed by atoms with Gasteiger partial charge in [0, 0.05) is 12.0 Å². The Balaban J connectivity index is 2.93. The van der Waals surface area contributed by atoms with Crippen molar-refractivity contribution in [3.63, 3.8) is 0 Å². The Bertz CT molecular complexity index is 478. The first-order valence-corrected chi connectivity index (χ1v) is 6.10. The molecule has 0 fully saturated rings. The highest BCUT2D eigenvalue weighted by Crippen LogP contribution is 2.16. The molecule has 5 nitrogen and oxygen atoms in total. The molecule has 6 heteroatoms. The van der Waals surface area contributed by atoms with E-state index in [0.29, 0.717) is 0 Å². The Hall–Kier alpha value is -1.40. The van der Waals surface area contributed by atoms with E-state index in [1.807, 2.05) is 0 Å². The zero-order valence-electron chi connectivity index (χ0n) is 8.71. The van der Waals surface area contributed by atoms with E-state index < -0.39 is 16.1 Å². The minimum atomic E-state index is -4.28. The van der Waals surface area contributed by atoms with E-state index in [4.69, 9.17) is 9.29 Å². The molecule has 0 heterocycles. The average Bonchev–Trinajstić information content (AvgIpc) is 2.25. The lowest BCUT2D eigenvalue weighted by molar-refractivity contribution is -0.144. The standard InChI is InChI=1S/C10H12O5S/c1-2-10(11)15-7-8-5-3-4-6-9(8)16(12,13)14/h3-6H,2,7H2,1H3,(H,12,13,14). The summed E-state index contributed by atoms with van der Waals surface area (Å²) >= 11 is 0. The molecule has 0 aliphatic heterocycles. The molecule has 1 N–H and O–H groups in total. The van der Waals surface area contributed by atoms with Crippen LogP contribution in [0.25, 0.3) is 0 Å². The predicted octanol–water partition coefficient (Wildman–Crippen LogP) is 1.39. The first-order valence-electron chi connectivity index (χ1n) is 4.66.